The lowest BCUT2D eigenvalue weighted by Crippen LogP contribution is -2.08. The summed E-state index contributed by atoms with van der Waals surface area (Å²) in [6, 6.07) is 20.2. The smallest absolute Gasteiger partial charge is 0.130 e. The molecule has 0 spiro atoms. The molecule has 3 nitrogen and oxygen atoms in total. The Morgan fingerprint density at radius 1 is 0.833 bits per heavy atom. The Labute approximate surface area is 148 Å². The van der Waals surface area contributed by atoms with E-state index in [-0.39, 0.29) is 6.61 Å². The average molecular weight is 347 g/mol. The van der Waals surface area contributed by atoms with Crippen molar-refractivity contribution in [2.45, 2.75) is 6.42 Å². The fourth-order valence-electron chi connectivity index (χ4n) is 2.43. The maximum absolute atomic E-state index is 8.77. The minimum atomic E-state index is 0.0168. The summed E-state index contributed by atoms with van der Waals surface area (Å²) in [5.74, 6) is 1.35. The van der Waals surface area contributed by atoms with Crippen LogP contribution in [-0.4, -0.2) is 37.4 Å². The molecule has 1 N–H and O–H groups in total. The Kier molecular flexibility index (Phi) is 8.39. The molecule has 0 saturated carbocycles. The maximum atomic E-state index is 8.77. The van der Waals surface area contributed by atoms with Gasteiger partial charge in [-0.05, 0) is 12.0 Å². The van der Waals surface area contributed by atoms with E-state index in [1.807, 2.05) is 48.5 Å². The number of aliphatic hydroxyl groups excluding tert-OH is 1. The third-order valence-electron chi connectivity index (χ3n) is 3.49. The number of allylic oxidation sites excluding steroid dienone is 1. The van der Waals surface area contributed by atoms with Crippen molar-refractivity contribution in [2.75, 3.05) is 32.3 Å². The summed E-state index contributed by atoms with van der Waals surface area (Å²) < 4.78 is 11.3. The number of benzene rings is 2. The first-order valence-corrected chi connectivity index (χ1v) is 8.61. The van der Waals surface area contributed by atoms with Crippen LogP contribution in [0.2, 0.25) is 0 Å². The Balaban J connectivity index is 2.30. The molecule has 0 heterocycles. The first-order chi connectivity index (χ1) is 11.9. The van der Waals surface area contributed by atoms with Crippen molar-refractivity contribution in [2.24, 2.45) is 0 Å². The van der Waals surface area contributed by atoms with E-state index >= 15 is 0 Å². The highest BCUT2D eigenvalue weighted by molar-refractivity contribution is 6.18. The summed E-state index contributed by atoms with van der Waals surface area (Å²) in [6.07, 6.45) is 0.716. The van der Waals surface area contributed by atoms with Crippen LogP contribution in [0.3, 0.4) is 0 Å². The van der Waals surface area contributed by atoms with Crippen molar-refractivity contribution in [3.8, 4) is 0 Å². The zero-order chi connectivity index (χ0) is 17.0. The van der Waals surface area contributed by atoms with Crippen molar-refractivity contribution < 1.29 is 14.6 Å². The molecule has 0 atom stereocenters. The Morgan fingerprint density at radius 3 is 2.04 bits per heavy atom. The number of halogens is 1. The second-order valence-corrected chi connectivity index (χ2v) is 5.54. The molecular weight excluding hydrogens is 324 g/mol. The van der Waals surface area contributed by atoms with E-state index in [2.05, 4.69) is 12.1 Å². The highest BCUT2D eigenvalue weighted by atomic mass is 35.5. The molecule has 2 rings (SSSR count). The van der Waals surface area contributed by atoms with Crippen molar-refractivity contribution in [1.29, 1.82) is 0 Å². The predicted octanol–water partition coefficient (Wildman–Crippen LogP) is 4.21. The van der Waals surface area contributed by atoms with Crippen LogP contribution >= 0.6 is 11.6 Å². The van der Waals surface area contributed by atoms with Gasteiger partial charge in [0, 0.05) is 17.0 Å². The van der Waals surface area contributed by atoms with Crippen LogP contribution in [0.15, 0.2) is 60.7 Å². The summed E-state index contributed by atoms with van der Waals surface area (Å²) in [6.45, 7) is 1.19. The minimum Gasteiger partial charge on any atom is -0.490 e. The lowest BCUT2D eigenvalue weighted by molar-refractivity contribution is 0.0645. The van der Waals surface area contributed by atoms with Crippen LogP contribution in [0, 0.1) is 0 Å². The molecule has 24 heavy (non-hydrogen) atoms. The molecule has 4 heteroatoms. The molecule has 0 aliphatic rings. The van der Waals surface area contributed by atoms with E-state index in [1.54, 1.807) is 0 Å². The topological polar surface area (TPSA) is 38.7 Å². The van der Waals surface area contributed by atoms with Gasteiger partial charge in [0.25, 0.3) is 0 Å². The van der Waals surface area contributed by atoms with Gasteiger partial charge in [-0.3, -0.25) is 0 Å². The molecule has 0 aliphatic carbocycles. The maximum Gasteiger partial charge on any atom is 0.130 e. The molecule has 2 aromatic rings. The number of hydrogen-bond donors (Lipinski definition) is 1. The zero-order valence-corrected chi connectivity index (χ0v) is 14.4. The fraction of sp³-hybridized carbons (Fsp3) is 0.300. The van der Waals surface area contributed by atoms with Gasteiger partial charge in [-0.15, -0.1) is 11.6 Å². The number of rotatable bonds is 10. The number of aliphatic hydroxyl groups is 1. The molecule has 0 bridgehead atoms. The van der Waals surface area contributed by atoms with Crippen molar-refractivity contribution >= 4 is 22.9 Å². The van der Waals surface area contributed by atoms with Gasteiger partial charge in [-0.25, -0.2) is 0 Å². The Morgan fingerprint density at radius 2 is 1.46 bits per heavy atom. The van der Waals surface area contributed by atoms with Crippen molar-refractivity contribution in [1.82, 2.24) is 0 Å². The molecule has 0 aliphatic heterocycles. The molecular formula is C20H23ClO3. The second-order valence-electron chi connectivity index (χ2n) is 5.16. The lowest BCUT2D eigenvalue weighted by Gasteiger charge is -2.17. The highest BCUT2D eigenvalue weighted by Gasteiger charge is 2.13. The van der Waals surface area contributed by atoms with Gasteiger partial charge >= 0.3 is 0 Å². The van der Waals surface area contributed by atoms with Crippen molar-refractivity contribution in [3.63, 3.8) is 0 Å². The third-order valence-corrected chi connectivity index (χ3v) is 3.68. The molecule has 0 amide bonds. The van der Waals surface area contributed by atoms with E-state index in [9.17, 15) is 0 Å². The predicted molar refractivity (Wildman–Crippen MR) is 98.9 cm³/mol. The molecule has 0 saturated heterocycles. The minimum absolute atomic E-state index is 0.0168. The lowest BCUT2D eigenvalue weighted by atomic mass is 9.99. The standard InChI is InChI=1S/C20H23ClO3/c21-12-11-19(17-7-3-1-4-8-17)20(18-9-5-2-6-10-18)24-16-15-23-14-13-22/h1-10,22H,11-16H2/b20-19+. The van der Waals surface area contributed by atoms with Crippen LogP contribution in [-0.2, 0) is 9.47 Å². The number of ether oxygens (including phenoxy) is 2. The van der Waals surface area contributed by atoms with Crippen LogP contribution < -0.4 is 0 Å². The van der Waals surface area contributed by atoms with Gasteiger partial charge in [0.15, 0.2) is 0 Å². The molecule has 128 valence electrons. The first kappa shape index (κ1) is 18.5. The normalized spacial score (nSPS) is 11.9. The van der Waals surface area contributed by atoms with E-state index < -0.39 is 0 Å². The largest absolute Gasteiger partial charge is 0.490 e. The average Bonchev–Trinajstić information content (AvgIpc) is 2.65. The molecule has 0 unspecified atom stereocenters. The summed E-state index contributed by atoms with van der Waals surface area (Å²) in [4.78, 5) is 0. The van der Waals surface area contributed by atoms with E-state index in [0.717, 1.165) is 22.5 Å². The van der Waals surface area contributed by atoms with Gasteiger partial charge in [0.1, 0.15) is 12.4 Å². The van der Waals surface area contributed by atoms with E-state index in [1.165, 1.54) is 0 Å². The second kappa shape index (κ2) is 10.9. The summed E-state index contributed by atoms with van der Waals surface area (Å²) in [7, 11) is 0. The first-order valence-electron chi connectivity index (χ1n) is 8.08. The summed E-state index contributed by atoms with van der Waals surface area (Å²) >= 11 is 6.04. The van der Waals surface area contributed by atoms with E-state index in [4.69, 9.17) is 26.2 Å². The van der Waals surface area contributed by atoms with Crippen LogP contribution in [0.1, 0.15) is 17.5 Å². The number of alkyl halides is 1. The highest BCUT2D eigenvalue weighted by Crippen LogP contribution is 2.30. The third kappa shape index (κ3) is 5.68. The summed E-state index contributed by atoms with van der Waals surface area (Å²) in [5, 5.41) is 8.77. The van der Waals surface area contributed by atoms with Crippen molar-refractivity contribution in [3.05, 3.63) is 71.8 Å². The summed E-state index contributed by atoms with van der Waals surface area (Å²) in [5.41, 5.74) is 3.20. The SMILES string of the molecule is OCCOCCO/C(=C(\CCCl)c1ccccc1)c1ccccc1. The van der Waals surface area contributed by atoms with Gasteiger partial charge in [-0.2, -0.15) is 0 Å². The van der Waals surface area contributed by atoms with Crippen LogP contribution in [0.4, 0.5) is 0 Å². The monoisotopic (exact) mass is 346 g/mol. The molecule has 2 aromatic carbocycles. The Bertz CT molecular complexity index is 611. The Hall–Kier alpha value is -1.81. The van der Waals surface area contributed by atoms with Gasteiger partial charge in [-0.1, -0.05) is 60.7 Å². The van der Waals surface area contributed by atoms with Gasteiger partial charge in [0.2, 0.25) is 0 Å². The van der Waals surface area contributed by atoms with E-state index in [0.29, 0.717) is 32.1 Å². The van der Waals surface area contributed by atoms with Gasteiger partial charge in [0.05, 0.1) is 19.8 Å². The van der Waals surface area contributed by atoms with Gasteiger partial charge < -0.3 is 14.6 Å². The number of hydrogen-bond acceptors (Lipinski definition) is 3. The quantitative estimate of drug-likeness (QED) is 0.303. The fourth-order valence-corrected chi connectivity index (χ4v) is 2.62. The molecule has 0 radical (unpaired) electrons. The molecule has 0 aromatic heterocycles. The van der Waals surface area contributed by atoms with Crippen LogP contribution in [0.5, 0.6) is 0 Å². The van der Waals surface area contributed by atoms with Crippen LogP contribution in [0.25, 0.3) is 11.3 Å². The molecule has 0 fully saturated rings. The zero-order valence-electron chi connectivity index (χ0n) is 13.7.